The Labute approximate surface area is 309 Å². The van der Waals surface area contributed by atoms with Gasteiger partial charge in [-0.1, -0.05) is 29.8 Å². The predicted molar refractivity (Wildman–Crippen MR) is 206 cm³/mol. The fraction of sp³-hybridized carbons (Fsp3) is 0.524. The first-order chi connectivity index (χ1) is 24.5. The van der Waals surface area contributed by atoms with Crippen molar-refractivity contribution < 1.29 is 19.4 Å². The lowest BCUT2D eigenvalue weighted by atomic mass is 9.84. The molecule has 1 N–H and O–H groups in total. The van der Waals surface area contributed by atoms with Gasteiger partial charge in [0.25, 0.3) is 0 Å². The van der Waals surface area contributed by atoms with Crippen molar-refractivity contribution in [2.24, 2.45) is 5.92 Å². The van der Waals surface area contributed by atoms with Gasteiger partial charge in [0.1, 0.15) is 5.75 Å². The number of anilines is 2. The second kappa shape index (κ2) is 16.8. The molecule has 2 heterocycles. The third-order valence-corrected chi connectivity index (χ3v) is 11.4. The van der Waals surface area contributed by atoms with Gasteiger partial charge in [-0.05, 0) is 136 Å². The van der Waals surface area contributed by atoms with Gasteiger partial charge in [0.15, 0.2) is 0 Å². The largest absolute Gasteiger partial charge is 0.491 e. The Morgan fingerprint density at radius 3 is 2.29 bits per heavy atom. The number of benzene rings is 3. The van der Waals surface area contributed by atoms with Crippen LogP contribution in [0.5, 0.6) is 5.75 Å². The molecule has 274 valence electrons. The summed E-state index contributed by atoms with van der Waals surface area (Å²) >= 11 is 6.30. The molecular formula is C42H55ClN4O4. The van der Waals surface area contributed by atoms with Crippen LogP contribution in [-0.2, 0) is 16.0 Å². The monoisotopic (exact) mass is 714 g/mol. The number of aryl methyl sites for hydroxylation is 1. The second-order valence-corrected chi connectivity index (χ2v) is 15.6. The van der Waals surface area contributed by atoms with E-state index in [1.54, 1.807) is 0 Å². The molecule has 0 radical (unpaired) electrons. The van der Waals surface area contributed by atoms with E-state index in [2.05, 4.69) is 58.1 Å². The zero-order valence-corrected chi connectivity index (χ0v) is 31.6. The molecule has 0 aromatic heterocycles. The van der Waals surface area contributed by atoms with Crippen molar-refractivity contribution in [2.75, 3.05) is 56.1 Å². The molecule has 6 rings (SSSR count). The molecule has 2 fully saturated rings. The van der Waals surface area contributed by atoms with Gasteiger partial charge in [-0.15, -0.1) is 0 Å². The lowest BCUT2D eigenvalue weighted by Crippen LogP contribution is -2.51. The average Bonchev–Trinajstić information content (AvgIpc) is 3.11. The zero-order valence-electron chi connectivity index (χ0n) is 30.8. The van der Waals surface area contributed by atoms with Crippen LogP contribution in [-0.4, -0.2) is 85.2 Å². The van der Waals surface area contributed by atoms with E-state index in [1.807, 2.05) is 49.9 Å². The Balaban J connectivity index is 1.07. The van der Waals surface area contributed by atoms with Crippen molar-refractivity contribution in [3.63, 3.8) is 0 Å². The van der Waals surface area contributed by atoms with E-state index in [1.165, 1.54) is 25.7 Å². The topological polar surface area (TPSA) is 76.6 Å². The highest BCUT2D eigenvalue weighted by Gasteiger charge is 2.36. The molecule has 3 aromatic rings. The molecule has 1 saturated heterocycles. The fourth-order valence-electron chi connectivity index (χ4n) is 8.37. The first-order valence-corrected chi connectivity index (χ1v) is 19.3. The van der Waals surface area contributed by atoms with Crippen LogP contribution in [0, 0.1) is 12.8 Å². The standard InChI is InChI=1S/C42H55ClN4O4/c1-29(2)51-39-27-38-33(25-30(39)3)26-40(48)47(42(38)32-10-12-34(43)13-11-32)37-18-16-35(17-19-37)44(4)28-31-8-14-36(15-9-31)46-23-21-45(22-24-46)20-6-5-7-41(49)50/h10-13,16-19,25,27,29,31,36,42H,5-9,14-15,20-24,26,28H2,1-4H3,(H,49,50)/t31?,36?,42-/m0/s1. The van der Waals surface area contributed by atoms with Crippen LogP contribution in [0.3, 0.4) is 0 Å². The molecule has 1 saturated carbocycles. The number of halogens is 1. The molecule has 1 atom stereocenters. The average molecular weight is 715 g/mol. The van der Waals surface area contributed by atoms with E-state index in [0.29, 0.717) is 23.4 Å². The maximum atomic E-state index is 13.9. The molecule has 9 heteroatoms. The van der Waals surface area contributed by atoms with Gasteiger partial charge in [0.2, 0.25) is 5.91 Å². The van der Waals surface area contributed by atoms with E-state index >= 15 is 0 Å². The summed E-state index contributed by atoms with van der Waals surface area (Å²) in [4.78, 5) is 34.2. The minimum Gasteiger partial charge on any atom is -0.491 e. The molecule has 0 bridgehead atoms. The Hall–Kier alpha value is -3.59. The van der Waals surface area contributed by atoms with Crippen molar-refractivity contribution in [3.05, 3.63) is 87.9 Å². The quantitative estimate of drug-likeness (QED) is 0.180. The van der Waals surface area contributed by atoms with Gasteiger partial charge in [0.05, 0.1) is 18.6 Å². The number of piperazine rings is 1. The van der Waals surface area contributed by atoms with Crippen LogP contribution < -0.4 is 14.5 Å². The molecular weight excluding hydrogens is 660 g/mol. The highest BCUT2D eigenvalue weighted by molar-refractivity contribution is 6.30. The number of unbranched alkanes of at least 4 members (excludes halogenated alkanes) is 1. The van der Waals surface area contributed by atoms with E-state index in [-0.39, 0.29) is 24.5 Å². The lowest BCUT2D eigenvalue weighted by Gasteiger charge is -2.42. The van der Waals surface area contributed by atoms with Crippen LogP contribution in [0.15, 0.2) is 60.7 Å². The molecule has 2 aliphatic heterocycles. The van der Waals surface area contributed by atoms with Crippen molar-refractivity contribution in [1.82, 2.24) is 9.80 Å². The maximum Gasteiger partial charge on any atom is 0.303 e. The van der Waals surface area contributed by atoms with Gasteiger partial charge in [-0.25, -0.2) is 0 Å². The number of rotatable bonds is 13. The highest BCUT2D eigenvalue weighted by Crippen LogP contribution is 2.42. The number of aliphatic carboxylic acids is 1. The smallest absolute Gasteiger partial charge is 0.303 e. The summed E-state index contributed by atoms with van der Waals surface area (Å²) in [5.74, 6) is 0.908. The Kier molecular flexibility index (Phi) is 12.3. The summed E-state index contributed by atoms with van der Waals surface area (Å²) in [6, 6.07) is 21.0. The van der Waals surface area contributed by atoms with Gasteiger partial charge in [-0.3, -0.25) is 14.5 Å². The molecule has 1 aliphatic carbocycles. The first-order valence-electron chi connectivity index (χ1n) is 18.9. The van der Waals surface area contributed by atoms with E-state index in [4.69, 9.17) is 21.4 Å². The Bertz CT molecular complexity index is 1630. The number of amides is 1. The molecule has 3 aliphatic rings. The van der Waals surface area contributed by atoms with Crippen molar-refractivity contribution in [3.8, 4) is 5.75 Å². The summed E-state index contributed by atoms with van der Waals surface area (Å²) in [5, 5.41) is 9.55. The number of carbonyl (C=O) groups is 2. The number of hydrogen-bond donors (Lipinski definition) is 1. The SMILES string of the molecule is Cc1cc2c(cc1OC(C)C)[C@H](c1ccc(Cl)cc1)N(c1ccc(N(C)CC3CCC(N4CCN(CCCCC(=O)O)CC4)CC3)cc1)C(=O)C2. The van der Waals surface area contributed by atoms with Crippen LogP contribution in [0.2, 0.25) is 5.02 Å². The number of fused-ring (bicyclic) bond motifs is 1. The van der Waals surface area contributed by atoms with Crippen LogP contribution in [0.25, 0.3) is 0 Å². The summed E-state index contributed by atoms with van der Waals surface area (Å²) in [7, 11) is 2.19. The maximum absolute atomic E-state index is 13.9. The molecule has 0 unspecified atom stereocenters. The zero-order chi connectivity index (χ0) is 36.1. The third kappa shape index (κ3) is 9.26. The second-order valence-electron chi connectivity index (χ2n) is 15.2. The van der Waals surface area contributed by atoms with E-state index in [0.717, 1.165) is 91.5 Å². The van der Waals surface area contributed by atoms with Gasteiger partial charge in [-0.2, -0.15) is 0 Å². The Morgan fingerprint density at radius 1 is 0.961 bits per heavy atom. The van der Waals surface area contributed by atoms with E-state index < -0.39 is 5.97 Å². The fourth-order valence-corrected chi connectivity index (χ4v) is 8.49. The van der Waals surface area contributed by atoms with Gasteiger partial charge < -0.3 is 24.5 Å². The van der Waals surface area contributed by atoms with Crippen LogP contribution in [0.1, 0.15) is 87.1 Å². The molecule has 0 spiro atoms. The molecule has 3 aromatic carbocycles. The number of carboxylic acid groups (broad SMARTS) is 1. The summed E-state index contributed by atoms with van der Waals surface area (Å²) in [6.07, 6.45) is 7.41. The van der Waals surface area contributed by atoms with Crippen LogP contribution in [0.4, 0.5) is 11.4 Å². The van der Waals surface area contributed by atoms with Crippen molar-refractivity contribution >= 4 is 34.9 Å². The third-order valence-electron chi connectivity index (χ3n) is 11.1. The summed E-state index contributed by atoms with van der Waals surface area (Å²) in [5.41, 5.74) is 6.24. The minimum absolute atomic E-state index is 0.0490. The highest BCUT2D eigenvalue weighted by atomic mass is 35.5. The number of carboxylic acids is 1. The number of ether oxygens (including phenoxy) is 1. The van der Waals surface area contributed by atoms with Gasteiger partial charge >= 0.3 is 5.97 Å². The number of carbonyl (C=O) groups excluding carboxylic acids is 1. The Morgan fingerprint density at radius 2 is 1.65 bits per heavy atom. The summed E-state index contributed by atoms with van der Waals surface area (Å²) < 4.78 is 6.20. The van der Waals surface area contributed by atoms with Crippen LogP contribution >= 0.6 is 11.6 Å². The summed E-state index contributed by atoms with van der Waals surface area (Å²) in [6.45, 7) is 12.6. The normalized spacial score (nSPS) is 21.5. The minimum atomic E-state index is -0.692. The number of nitrogens with zero attached hydrogens (tertiary/aromatic N) is 4. The molecule has 1 amide bonds. The van der Waals surface area contributed by atoms with Crippen molar-refractivity contribution in [2.45, 2.75) is 90.3 Å². The lowest BCUT2D eigenvalue weighted by molar-refractivity contribution is -0.137. The molecule has 8 nitrogen and oxygen atoms in total. The number of hydrogen-bond acceptors (Lipinski definition) is 6. The predicted octanol–water partition coefficient (Wildman–Crippen LogP) is 7.98. The van der Waals surface area contributed by atoms with Gasteiger partial charge in [0, 0.05) is 68.6 Å². The van der Waals surface area contributed by atoms with E-state index in [9.17, 15) is 9.59 Å². The first kappa shape index (κ1) is 37.2. The van der Waals surface area contributed by atoms with Crippen molar-refractivity contribution in [1.29, 1.82) is 0 Å². The molecule has 51 heavy (non-hydrogen) atoms.